The van der Waals surface area contributed by atoms with Gasteiger partial charge in [-0.15, -0.1) is 11.7 Å². The van der Waals surface area contributed by atoms with Crippen molar-refractivity contribution in [2.24, 2.45) is 0 Å². The van der Waals surface area contributed by atoms with Gasteiger partial charge in [-0.2, -0.15) is 4.98 Å². The van der Waals surface area contributed by atoms with Gasteiger partial charge in [0.15, 0.2) is 0 Å². The number of benzene rings is 1. The Morgan fingerprint density at radius 3 is 2.51 bits per heavy atom. The molecule has 2 aromatic rings. The van der Waals surface area contributed by atoms with Gasteiger partial charge in [-0.3, -0.25) is 0 Å². The number of nitrogens with zero attached hydrogens (tertiary/aromatic N) is 3. The fourth-order valence-electron chi connectivity index (χ4n) is 4.41. The van der Waals surface area contributed by atoms with Gasteiger partial charge in [-0.05, 0) is 63.1 Å². The number of hydrogen-bond acceptors (Lipinski definition) is 6. The maximum atomic E-state index is 13.1. The Kier molecular flexibility index (Phi) is 8.09. The predicted molar refractivity (Wildman–Crippen MR) is 129 cm³/mol. The van der Waals surface area contributed by atoms with Gasteiger partial charge >= 0.3 is 6.03 Å². The number of carbonyl (C=O) groups excluding carboxylic acids is 1. The van der Waals surface area contributed by atoms with Gasteiger partial charge in [0.2, 0.25) is 23.0 Å². The lowest BCUT2D eigenvalue weighted by atomic mass is 9.93. The molecule has 8 nitrogen and oxygen atoms in total. The first-order valence-corrected chi connectivity index (χ1v) is 13.1. The maximum absolute atomic E-state index is 13.1. The number of rotatable bonds is 7. The van der Waals surface area contributed by atoms with Crippen molar-refractivity contribution in [1.29, 1.82) is 0 Å². The minimum atomic E-state index is -5.41. The lowest BCUT2D eigenvalue weighted by Crippen LogP contribution is -2.41. The lowest BCUT2D eigenvalue weighted by Gasteiger charge is -2.30. The Labute approximate surface area is 204 Å². The van der Waals surface area contributed by atoms with E-state index in [1.807, 2.05) is 0 Å². The number of carbonyl (C=O) groups is 1. The second-order valence-electron chi connectivity index (χ2n) is 8.70. The molecule has 1 aliphatic carbocycles. The van der Waals surface area contributed by atoms with E-state index in [1.54, 1.807) is 12.3 Å². The van der Waals surface area contributed by atoms with Crippen molar-refractivity contribution < 1.29 is 25.9 Å². The summed E-state index contributed by atoms with van der Waals surface area (Å²) in [5, 5.41) is 5.34. The summed E-state index contributed by atoms with van der Waals surface area (Å²) in [7, 11) is 1.34. The molecule has 4 rings (SSSR count). The number of nitrogens with one attached hydrogen (secondary N) is 2. The van der Waals surface area contributed by atoms with Crippen molar-refractivity contribution in [1.82, 2.24) is 15.3 Å². The standard InChI is InChI=1S/C23H30F3N5O3S/c1-33-20-10-9-18(35(24,25)26)15-19(20)29-23(32)28-16-5-7-17(8-6-16)34-21-11-12-27-22(30-21)31-13-3-2-4-14-31/h9-12,15-17H,2-8,13-14H2,1H3,(H2,28,29,32). The highest BCUT2D eigenvalue weighted by Crippen LogP contribution is 2.61. The van der Waals surface area contributed by atoms with Crippen LogP contribution in [0.1, 0.15) is 44.9 Å². The van der Waals surface area contributed by atoms with Crippen LogP contribution in [0.3, 0.4) is 0 Å². The number of urea groups is 1. The molecule has 0 radical (unpaired) electrons. The molecule has 1 saturated heterocycles. The molecule has 1 aromatic carbocycles. The molecule has 2 fully saturated rings. The minimum Gasteiger partial charge on any atom is -0.495 e. The van der Waals surface area contributed by atoms with Crippen LogP contribution in [-0.4, -0.2) is 48.3 Å². The zero-order valence-electron chi connectivity index (χ0n) is 19.5. The average molecular weight is 514 g/mol. The molecule has 0 bridgehead atoms. The summed E-state index contributed by atoms with van der Waals surface area (Å²) in [4.78, 5) is 22.8. The van der Waals surface area contributed by atoms with Crippen molar-refractivity contribution in [3.63, 3.8) is 0 Å². The number of hydrogen-bond donors (Lipinski definition) is 2. The number of methoxy groups -OCH3 is 1. The second kappa shape index (κ2) is 11.2. The summed E-state index contributed by atoms with van der Waals surface area (Å²) >= 11 is -5.41. The van der Waals surface area contributed by atoms with Crippen molar-refractivity contribution in [2.75, 3.05) is 30.4 Å². The van der Waals surface area contributed by atoms with E-state index in [4.69, 9.17) is 9.47 Å². The molecule has 2 aliphatic rings. The first kappa shape index (κ1) is 25.2. The Hall–Kier alpha value is -2.89. The van der Waals surface area contributed by atoms with Crippen LogP contribution in [0.5, 0.6) is 11.6 Å². The normalized spacial score (nSPS) is 21.2. The van der Waals surface area contributed by atoms with Crippen molar-refractivity contribution >= 4 is 28.9 Å². The SMILES string of the molecule is COc1ccc(S(F)(F)F)cc1NC(=O)NC1CCC(Oc2ccnc(N3CCCCC3)n2)CC1. The smallest absolute Gasteiger partial charge is 0.319 e. The lowest BCUT2D eigenvalue weighted by molar-refractivity contribution is 0.135. The fourth-order valence-corrected chi connectivity index (χ4v) is 4.89. The minimum absolute atomic E-state index is 0.0161. The number of anilines is 2. The maximum Gasteiger partial charge on any atom is 0.319 e. The third-order valence-corrected chi connectivity index (χ3v) is 7.03. The number of ether oxygens (including phenoxy) is 2. The van der Waals surface area contributed by atoms with Crippen LogP contribution in [0.4, 0.5) is 28.1 Å². The highest BCUT2D eigenvalue weighted by Gasteiger charge is 2.27. The molecule has 0 unspecified atom stereocenters. The van der Waals surface area contributed by atoms with E-state index >= 15 is 0 Å². The largest absolute Gasteiger partial charge is 0.495 e. The molecule has 0 spiro atoms. The average Bonchev–Trinajstić information content (AvgIpc) is 2.85. The van der Waals surface area contributed by atoms with Gasteiger partial charge in [-0.25, -0.2) is 9.78 Å². The topological polar surface area (TPSA) is 88.6 Å². The molecule has 2 heterocycles. The molecule has 0 atom stereocenters. The quantitative estimate of drug-likeness (QED) is 0.486. The third kappa shape index (κ3) is 6.83. The summed E-state index contributed by atoms with van der Waals surface area (Å²) < 4.78 is 50.5. The number of halogens is 3. The number of piperidine rings is 1. The van der Waals surface area contributed by atoms with E-state index in [-0.39, 0.29) is 23.6 Å². The molecule has 2 N–H and O–H groups in total. The first-order chi connectivity index (χ1) is 16.8. The molecular weight excluding hydrogens is 483 g/mol. The molecule has 2 amide bonds. The highest BCUT2D eigenvalue weighted by molar-refractivity contribution is 8.20. The van der Waals surface area contributed by atoms with Crippen molar-refractivity contribution in [3.05, 3.63) is 30.5 Å². The molecular formula is C23H30F3N5O3S. The van der Waals surface area contributed by atoms with Crippen LogP contribution in [0.25, 0.3) is 0 Å². The van der Waals surface area contributed by atoms with E-state index in [9.17, 15) is 16.5 Å². The van der Waals surface area contributed by atoms with E-state index in [1.165, 1.54) is 19.6 Å². The van der Waals surface area contributed by atoms with Crippen LogP contribution in [-0.2, 0) is 0 Å². The van der Waals surface area contributed by atoms with Gasteiger partial charge in [-0.1, -0.05) is 0 Å². The van der Waals surface area contributed by atoms with Crippen LogP contribution in [0.15, 0.2) is 35.4 Å². The molecule has 1 aromatic heterocycles. The number of amides is 2. The fraction of sp³-hybridized carbons (Fsp3) is 0.522. The Morgan fingerprint density at radius 2 is 1.83 bits per heavy atom. The summed E-state index contributed by atoms with van der Waals surface area (Å²) in [6, 6.07) is 4.15. The zero-order chi connectivity index (χ0) is 24.8. The monoisotopic (exact) mass is 513 g/mol. The van der Waals surface area contributed by atoms with Gasteiger partial charge < -0.3 is 25.0 Å². The van der Waals surface area contributed by atoms with Crippen LogP contribution < -0.4 is 25.0 Å². The molecule has 1 aliphatic heterocycles. The first-order valence-electron chi connectivity index (χ1n) is 11.7. The number of aromatic nitrogens is 2. The van der Waals surface area contributed by atoms with E-state index in [2.05, 4.69) is 25.5 Å². The van der Waals surface area contributed by atoms with Gasteiger partial charge in [0.05, 0.1) is 17.7 Å². The van der Waals surface area contributed by atoms with Gasteiger partial charge in [0.25, 0.3) is 0 Å². The van der Waals surface area contributed by atoms with Crippen LogP contribution in [0.2, 0.25) is 0 Å². The summed E-state index contributed by atoms with van der Waals surface area (Å²) in [5.74, 6) is 1.41. The third-order valence-electron chi connectivity index (χ3n) is 6.24. The van der Waals surface area contributed by atoms with Crippen molar-refractivity contribution in [2.45, 2.75) is 62.0 Å². The predicted octanol–water partition coefficient (Wildman–Crippen LogP) is 5.80. The van der Waals surface area contributed by atoms with Gasteiger partial charge in [0.1, 0.15) is 11.9 Å². The molecule has 1 saturated carbocycles. The second-order valence-corrected chi connectivity index (χ2v) is 9.99. The molecule has 12 heteroatoms. The van der Waals surface area contributed by atoms with E-state index in [0.717, 1.165) is 50.9 Å². The Balaban J connectivity index is 1.27. The summed E-state index contributed by atoms with van der Waals surface area (Å²) in [6.07, 6.45) is 8.03. The Morgan fingerprint density at radius 1 is 1.09 bits per heavy atom. The Bertz CT molecular complexity index is 1010. The molecule has 35 heavy (non-hydrogen) atoms. The van der Waals surface area contributed by atoms with E-state index < -0.39 is 22.1 Å². The highest BCUT2D eigenvalue weighted by atomic mass is 32.3. The van der Waals surface area contributed by atoms with E-state index in [0.29, 0.717) is 24.7 Å². The van der Waals surface area contributed by atoms with Crippen LogP contribution >= 0.6 is 11.2 Å². The van der Waals surface area contributed by atoms with Crippen LogP contribution in [0, 0.1) is 0 Å². The summed E-state index contributed by atoms with van der Waals surface area (Å²) in [5.41, 5.74) is -0.0161. The zero-order valence-corrected chi connectivity index (χ0v) is 20.3. The van der Waals surface area contributed by atoms with Crippen molar-refractivity contribution in [3.8, 4) is 11.6 Å². The molecule has 192 valence electrons. The van der Waals surface area contributed by atoms with Gasteiger partial charge in [0, 0.05) is 31.4 Å². The summed E-state index contributed by atoms with van der Waals surface area (Å²) in [6.45, 7) is 1.91.